The molecule has 13 heavy (non-hydrogen) atoms. The minimum Gasteiger partial charge on any atom is -0.313 e. The molecule has 1 heterocycles. The second kappa shape index (κ2) is 5.99. The van der Waals surface area contributed by atoms with Crippen LogP contribution in [0.25, 0.3) is 0 Å². The molecule has 0 aromatic carbocycles. The first kappa shape index (κ1) is 10.5. The Labute approximate surface area is 82.9 Å². The second-order valence-corrected chi connectivity index (χ2v) is 3.99. The van der Waals surface area contributed by atoms with E-state index in [0.717, 1.165) is 17.5 Å². The zero-order valence-electron chi connectivity index (χ0n) is 8.08. The molecule has 0 saturated carbocycles. The van der Waals surface area contributed by atoms with Gasteiger partial charge in [0, 0.05) is 18.3 Å². The molecule has 0 aliphatic heterocycles. The minimum atomic E-state index is 0.607. The molecule has 1 atom stereocenters. The second-order valence-electron chi connectivity index (χ2n) is 2.90. The van der Waals surface area contributed by atoms with E-state index in [1.165, 1.54) is 12.7 Å². The number of H-pyrrole nitrogens is 1. The van der Waals surface area contributed by atoms with E-state index in [2.05, 4.69) is 34.3 Å². The number of thioether (sulfide) groups is 1. The van der Waals surface area contributed by atoms with Gasteiger partial charge in [-0.25, -0.2) is 4.98 Å². The molecule has 5 heteroatoms. The summed E-state index contributed by atoms with van der Waals surface area (Å²) in [5.74, 6) is 1.03. The Bertz CT molecular complexity index is 212. The van der Waals surface area contributed by atoms with Gasteiger partial charge in [-0.3, -0.25) is 5.10 Å². The highest BCUT2D eigenvalue weighted by atomic mass is 32.2. The topological polar surface area (TPSA) is 53.6 Å². The maximum Gasteiger partial charge on any atom is 0.183 e. The molecule has 1 aromatic rings. The van der Waals surface area contributed by atoms with Crippen molar-refractivity contribution in [3.8, 4) is 0 Å². The minimum absolute atomic E-state index is 0.607. The van der Waals surface area contributed by atoms with E-state index in [1.807, 2.05) is 0 Å². The molecule has 0 amide bonds. The lowest BCUT2D eigenvalue weighted by Crippen LogP contribution is -2.27. The van der Waals surface area contributed by atoms with Crippen LogP contribution in [0.2, 0.25) is 0 Å². The van der Waals surface area contributed by atoms with Gasteiger partial charge < -0.3 is 5.32 Å². The third-order valence-corrected chi connectivity index (χ3v) is 2.72. The summed E-state index contributed by atoms with van der Waals surface area (Å²) >= 11 is 1.69. The molecule has 2 N–H and O–H groups in total. The van der Waals surface area contributed by atoms with Gasteiger partial charge in [-0.2, -0.15) is 5.10 Å². The van der Waals surface area contributed by atoms with Crippen LogP contribution in [0.4, 0.5) is 0 Å². The maximum atomic E-state index is 4.02. The Hall–Kier alpha value is -0.550. The average Bonchev–Trinajstić information content (AvgIpc) is 2.64. The van der Waals surface area contributed by atoms with Crippen LogP contribution in [0.1, 0.15) is 20.3 Å². The fraction of sp³-hybridized carbons (Fsp3) is 0.750. The molecule has 1 unspecified atom stereocenters. The molecule has 0 radical (unpaired) electrons. The molecule has 74 valence electrons. The Balaban J connectivity index is 2.02. The van der Waals surface area contributed by atoms with Crippen molar-refractivity contribution in [2.45, 2.75) is 31.5 Å². The van der Waals surface area contributed by atoms with Crippen LogP contribution in [-0.4, -0.2) is 33.5 Å². The van der Waals surface area contributed by atoms with Crippen molar-refractivity contribution in [3.63, 3.8) is 0 Å². The van der Waals surface area contributed by atoms with E-state index in [9.17, 15) is 0 Å². The standard InChI is InChI=1S/C8H16N4S/c1-3-7(2)9-4-5-13-8-10-6-11-12-8/h6-7,9H,3-5H2,1-2H3,(H,10,11,12). The van der Waals surface area contributed by atoms with E-state index in [4.69, 9.17) is 0 Å². The molecule has 1 aromatic heterocycles. The monoisotopic (exact) mass is 200 g/mol. The smallest absolute Gasteiger partial charge is 0.183 e. The van der Waals surface area contributed by atoms with Crippen LogP contribution < -0.4 is 5.32 Å². The fourth-order valence-corrected chi connectivity index (χ4v) is 1.51. The number of aromatic nitrogens is 3. The summed E-state index contributed by atoms with van der Waals surface area (Å²) in [4.78, 5) is 4.02. The van der Waals surface area contributed by atoms with E-state index in [0.29, 0.717) is 6.04 Å². The van der Waals surface area contributed by atoms with Gasteiger partial charge in [-0.1, -0.05) is 18.7 Å². The number of rotatable bonds is 6. The largest absolute Gasteiger partial charge is 0.313 e. The molecule has 1 rings (SSSR count). The Morgan fingerprint density at radius 1 is 1.69 bits per heavy atom. The van der Waals surface area contributed by atoms with E-state index in [-0.39, 0.29) is 0 Å². The van der Waals surface area contributed by atoms with Gasteiger partial charge in [0.25, 0.3) is 0 Å². The first-order valence-corrected chi connectivity index (χ1v) is 5.53. The van der Waals surface area contributed by atoms with Crippen LogP contribution in [0.15, 0.2) is 11.5 Å². The number of hydrogen-bond acceptors (Lipinski definition) is 4. The predicted octanol–water partition coefficient (Wildman–Crippen LogP) is 1.28. The summed E-state index contributed by atoms with van der Waals surface area (Å²) < 4.78 is 0. The number of nitrogens with one attached hydrogen (secondary N) is 2. The van der Waals surface area contributed by atoms with Gasteiger partial charge in [0.05, 0.1) is 0 Å². The molecular formula is C8H16N4S. The van der Waals surface area contributed by atoms with Gasteiger partial charge in [0.15, 0.2) is 5.16 Å². The summed E-state index contributed by atoms with van der Waals surface area (Å²) in [6, 6.07) is 0.607. The summed E-state index contributed by atoms with van der Waals surface area (Å²) in [5, 5.41) is 10.9. The van der Waals surface area contributed by atoms with Crippen LogP contribution in [-0.2, 0) is 0 Å². The van der Waals surface area contributed by atoms with Crippen molar-refractivity contribution in [3.05, 3.63) is 6.33 Å². The fourth-order valence-electron chi connectivity index (χ4n) is 0.861. The van der Waals surface area contributed by atoms with Crippen molar-refractivity contribution >= 4 is 11.8 Å². The quantitative estimate of drug-likeness (QED) is 0.536. The first-order chi connectivity index (χ1) is 6.33. The van der Waals surface area contributed by atoms with Crippen molar-refractivity contribution in [1.29, 1.82) is 0 Å². The first-order valence-electron chi connectivity index (χ1n) is 4.54. The molecule has 0 spiro atoms. The number of nitrogens with zero attached hydrogens (tertiary/aromatic N) is 2. The highest BCUT2D eigenvalue weighted by Crippen LogP contribution is 2.08. The van der Waals surface area contributed by atoms with Crippen molar-refractivity contribution in [1.82, 2.24) is 20.5 Å². The Morgan fingerprint density at radius 2 is 2.54 bits per heavy atom. The van der Waals surface area contributed by atoms with Gasteiger partial charge in [0.2, 0.25) is 0 Å². The normalized spacial score (nSPS) is 13.1. The molecule has 0 aliphatic carbocycles. The lowest BCUT2D eigenvalue weighted by atomic mass is 10.3. The van der Waals surface area contributed by atoms with Crippen molar-refractivity contribution in [2.24, 2.45) is 0 Å². The molecule has 0 bridgehead atoms. The summed E-state index contributed by atoms with van der Waals surface area (Å²) in [7, 11) is 0. The van der Waals surface area contributed by atoms with Gasteiger partial charge >= 0.3 is 0 Å². The molecular weight excluding hydrogens is 184 g/mol. The van der Waals surface area contributed by atoms with Crippen molar-refractivity contribution < 1.29 is 0 Å². The van der Waals surface area contributed by atoms with E-state index >= 15 is 0 Å². The Kier molecular flexibility index (Phi) is 4.85. The van der Waals surface area contributed by atoms with Gasteiger partial charge in [-0.15, -0.1) is 0 Å². The summed E-state index contributed by atoms with van der Waals surface area (Å²) in [6.45, 7) is 5.39. The highest BCUT2D eigenvalue weighted by Gasteiger charge is 1.98. The lowest BCUT2D eigenvalue weighted by molar-refractivity contribution is 0.555. The summed E-state index contributed by atoms with van der Waals surface area (Å²) in [5.41, 5.74) is 0. The molecule has 0 aliphatic rings. The van der Waals surface area contributed by atoms with Crippen LogP contribution in [0, 0.1) is 0 Å². The predicted molar refractivity (Wildman–Crippen MR) is 54.9 cm³/mol. The SMILES string of the molecule is CCC(C)NCCSc1ncn[nH]1. The molecule has 0 fully saturated rings. The number of aromatic amines is 1. The highest BCUT2D eigenvalue weighted by molar-refractivity contribution is 7.99. The third kappa shape index (κ3) is 4.28. The zero-order chi connectivity index (χ0) is 9.52. The zero-order valence-corrected chi connectivity index (χ0v) is 8.90. The van der Waals surface area contributed by atoms with E-state index in [1.54, 1.807) is 11.8 Å². The maximum absolute atomic E-state index is 4.02. The van der Waals surface area contributed by atoms with Gasteiger partial charge in [-0.05, 0) is 13.3 Å². The van der Waals surface area contributed by atoms with Crippen LogP contribution in [0.3, 0.4) is 0 Å². The summed E-state index contributed by atoms with van der Waals surface area (Å²) in [6.07, 6.45) is 2.71. The lowest BCUT2D eigenvalue weighted by Gasteiger charge is -2.09. The average molecular weight is 200 g/mol. The van der Waals surface area contributed by atoms with Crippen LogP contribution in [0.5, 0.6) is 0 Å². The van der Waals surface area contributed by atoms with Crippen molar-refractivity contribution in [2.75, 3.05) is 12.3 Å². The molecule has 4 nitrogen and oxygen atoms in total. The number of hydrogen-bond donors (Lipinski definition) is 2. The third-order valence-electron chi connectivity index (χ3n) is 1.84. The van der Waals surface area contributed by atoms with Crippen LogP contribution >= 0.6 is 11.8 Å². The van der Waals surface area contributed by atoms with E-state index < -0.39 is 0 Å². The van der Waals surface area contributed by atoms with Gasteiger partial charge in [0.1, 0.15) is 6.33 Å². The Morgan fingerprint density at radius 3 is 3.15 bits per heavy atom. The molecule has 0 saturated heterocycles.